The van der Waals surface area contributed by atoms with Crippen LogP contribution in [0.2, 0.25) is 0 Å². The summed E-state index contributed by atoms with van der Waals surface area (Å²) in [6, 6.07) is 5.44. The van der Waals surface area contributed by atoms with E-state index in [0.717, 1.165) is 41.2 Å². The summed E-state index contributed by atoms with van der Waals surface area (Å²) in [5.41, 5.74) is 0.398. The van der Waals surface area contributed by atoms with Gasteiger partial charge < -0.3 is 0 Å². The molecular formula is C13H15Br2F3. The lowest BCUT2D eigenvalue weighted by Crippen LogP contribution is -2.26. The second-order valence-electron chi connectivity index (χ2n) is 4.49. The van der Waals surface area contributed by atoms with Gasteiger partial charge in [0, 0.05) is 10.7 Å². The Labute approximate surface area is 122 Å². The van der Waals surface area contributed by atoms with Crippen LogP contribution >= 0.6 is 31.9 Å². The standard InChI is InChI=1S/C13H15Br2F3/c1-2-12(8-14,9-15)7-10-3-5-11(6-4-10)13(16,17)18/h3-6H,2,7-9H2,1H3. The van der Waals surface area contributed by atoms with E-state index in [-0.39, 0.29) is 5.41 Å². The van der Waals surface area contributed by atoms with Crippen LogP contribution < -0.4 is 0 Å². The summed E-state index contributed by atoms with van der Waals surface area (Å²) >= 11 is 6.97. The molecule has 0 amide bonds. The average molecular weight is 388 g/mol. The molecule has 0 aliphatic heterocycles. The molecule has 1 aromatic carbocycles. The number of alkyl halides is 5. The maximum atomic E-state index is 12.4. The summed E-state index contributed by atoms with van der Waals surface area (Å²) in [6.07, 6.45) is -2.53. The molecule has 0 atom stereocenters. The minimum absolute atomic E-state index is 0.0553. The van der Waals surface area contributed by atoms with Crippen molar-refractivity contribution in [2.24, 2.45) is 5.41 Å². The van der Waals surface area contributed by atoms with E-state index in [1.165, 1.54) is 0 Å². The molecule has 0 N–H and O–H groups in total. The third-order valence-corrected chi connectivity index (χ3v) is 5.56. The molecule has 0 unspecified atom stereocenters. The number of benzene rings is 1. The van der Waals surface area contributed by atoms with Crippen molar-refractivity contribution in [2.75, 3.05) is 10.7 Å². The largest absolute Gasteiger partial charge is 0.416 e. The van der Waals surface area contributed by atoms with Crippen molar-refractivity contribution in [3.8, 4) is 0 Å². The van der Waals surface area contributed by atoms with Crippen molar-refractivity contribution >= 4 is 31.9 Å². The van der Waals surface area contributed by atoms with Crippen molar-refractivity contribution in [1.82, 2.24) is 0 Å². The molecule has 18 heavy (non-hydrogen) atoms. The first-order chi connectivity index (χ1) is 8.37. The molecule has 102 valence electrons. The molecule has 0 radical (unpaired) electrons. The fraction of sp³-hybridized carbons (Fsp3) is 0.538. The van der Waals surface area contributed by atoms with Crippen LogP contribution in [0.4, 0.5) is 13.2 Å². The summed E-state index contributed by atoms with van der Waals surface area (Å²) in [5, 5.41) is 1.64. The molecule has 0 fully saturated rings. The van der Waals surface area contributed by atoms with E-state index in [1.54, 1.807) is 12.1 Å². The molecule has 0 saturated carbocycles. The smallest absolute Gasteiger partial charge is 0.166 e. The molecule has 5 heteroatoms. The second-order valence-corrected chi connectivity index (χ2v) is 5.61. The Balaban J connectivity index is 2.86. The molecule has 1 aromatic rings. The fourth-order valence-electron chi connectivity index (χ4n) is 1.69. The first-order valence-corrected chi connectivity index (χ1v) is 7.89. The van der Waals surface area contributed by atoms with Crippen LogP contribution in [0, 0.1) is 5.41 Å². The highest BCUT2D eigenvalue weighted by Gasteiger charge is 2.31. The van der Waals surface area contributed by atoms with Gasteiger partial charge >= 0.3 is 6.18 Å². The molecule has 0 nitrogen and oxygen atoms in total. The predicted octanol–water partition coefficient (Wildman–Crippen LogP) is 5.43. The van der Waals surface area contributed by atoms with Crippen LogP contribution in [0.25, 0.3) is 0 Å². The van der Waals surface area contributed by atoms with Crippen LogP contribution in [-0.4, -0.2) is 10.7 Å². The minimum Gasteiger partial charge on any atom is -0.166 e. The first-order valence-electron chi connectivity index (χ1n) is 5.65. The van der Waals surface area contributed by atoms with Gasteiger partial charge in [-0.1, -0.05) is 50.9 Å². The van der Waals surface area contributed by atoms with Gasteiger partial charge in [-0.2, -0.15) is 13.2 Å². The average Bonchev–Trinajstić information content (AvgIpc) is 2.36. The zero-order valence-corrected chi connectivity index (χ0v) is 13.2. The van der Waals surface area contributed by atoms with Crippen LogP contribution in [0.3, 0.4) is 0 Å². The van der Waals surface area contributed by atoms with Crippen molar-refractivity contribution in [2.45, 2.75) is 25.9 Å². The molecule has 0 aliphatic rings. The normalized spacial score (nSPS) is 12.8. The third kappa shape index (κ3) is 3.98. The van der Waals surface area contributed by atoms with Crippen LogP contribution in [0.1, 0.15) is 24.5 Å². The van der Waals surface area contributed by atoms with Crippen molar-refractivity contribution < 1.29 is 13.2 Å². The summed E-state index contributed by atoms with van der Waals surface area (Å²) < 4.78 is 37.3. The van der Waals surface area contributed by atoms with E-state index in [4.69, 9.17) is 0 Å². The van der Waals surface area contributed by atoms with Crippen LogP contribution in [0.15, 0.2) is 24.3 Å². The Kier molecular flexibility index (Phi) is 5.71. The Hall–Kier alpha value is -0.0300. The van der Waals surface area contributed by atoms with Gasteiger partial charge in [-0.15, -0.1) is 0 Å². The number of hydrogen-bond donors (Lipinski definition) is 0. The van der Waals surface area contributed by atoms with Gasteiger partial charge in [0.05, 0.1) is 5.56 Å². The zero-order valence-electron chi connectivity index (χ0n) is 10.0. The lowest BCUT2D eigenvalue weighted by Gasteiger charge is -2.28. The molecular weight excluding hydrogens is 373 g/mol. The van der Waals surface area contributed by atoms with Gasteiger partial charge in [-0.3, -0.25) is 0 Å². The van der Waals surface area contributed by atoms with Crippen molar-refractivity contribution in [1.29, 1.82) is 0 Å². The molecule has 0 aromatic heterocycles. The number of hydrogen-bond acceptors (Lipinski definition) is 0. The quantitative estimate of drug-likeness (QED) is 0.590. The molecule has 1 rings (SSSR count). The maximum Gasteiger partial charge on any atom is 0.416 e. The van der Waals surface area contributed by atoms with Crippen molar-refractivity contribution in [3.63, 3.8) is 0 Å². The Morgan fingerprint density at radius 2 is 1.50 bits per heavy atom. The van der Waals surface area contributed by atoms with Gasteiger partial charge in [-0.05, 0) is 36.0 Å². The van der Waals surface area contributed by atoms with E-state index < -0.39 is 11.7 Å². The Morgan fingerprint density at radius 1 is 1.00 bits per heavy atom. The van der Waals surface area contributed by atoms with E-state index >= 15 is 0 Å². The first kappa shape index (κ1) is 16.0. The number of rotatable bonds is 5. The summed E-state index contributed by atoms with van der Waals surface area (Å²) in [4.78, 5) is 0. The number of halogens is 5. The SMILES string of the molecule is CCC(CBr)(CBr)Cc1ccc(C(F)(F)F)cc1. The lowest BCUT2D eigenvalue weighted by molar-refractivity contribution is -0.137. The highest BCUT2D eigenvalue weighted by Crippen LogP contribution is 2.33. The predicted molar refractivity (Wildman–Crippen MR) is 75.5 cm³/mol. The zero-order chi connectivity index (χ0) is 13.8. The summed E-state index contributed by atoms with van der Waals surface area (Å²) in [6.45, 7) is 2.09. The van der Waals surface area contributed by atoms with Gasteiger partial charge in [-0.25, -0.2) is 0 Å². The second kappa shape index (κ2) is 6.42. The molecule has 0 saturated heterocycles. The van der Waals surface area contributed by atoms with E-state index in [1.807, 2.05) is 0 Å². The topological polar surface area (TPSA) is 0 Å². The highest BCUT2D eigenvalue weighted by atomic mass is 79.9. The van der Waals surface area contributed by atoms with Crippen LogP contribution in [-0.2, 0) is 12.6 Å². The molecule has 0 bridgehead atoms. The Morgan fingerprint density at radius 3 is 1.83 bits per heavy atom. The maximum absolute atomic E-state index is 12.4. The fourth-order valence-corrected chi connectivity index (χ4v) is 3.81. The summed E-state index contributed by atoms with van der Waals surface area (Å²) in [5.74, 6) is 0. The van der Waals surface area contributed by atoms with Gasteiger partial charge in [0.25, 0.3) is 0 Å². The minimum atomic E-state index is -4.26. The van der Waals surface area contributed by atoms with Gasteiger partial charge in [0.1, 0.15) is 0 Å². The summed E-state index contributed by atoms with van der Waals surface area (Å²) in [7, 11) is 0. The van der Waals surface area contributed by atoms with Crippen LogP contribution in [0.5, 0.6) is 0 Å². The molecule has 0 aliphatic carbocycles. The van der Waals surface area contributed by atoms with E-state index in [9.17, 15) is 13.2 Å². The van der Waals surface area contributed by atoms with Crippen molar-refractivity contribution in [3.05, 3.63) is 35.4 Å². The van der Waals surface area contributed by atoms with Gasteiger partial charge in [0.15, 0.2) is 0 Å². The Bertz CT molecular complexity index is 359. The van der Waals surface area contributed by atoms with E-state index in [0.29, 0.717) is 0 Å². The molecule has 0 spiro atoms. The lowest BCUT2D eigenvalue weighted by atomic mass is 9.83. The van der Waals surface area contributed by atoms with E-state index in [2.05, 4.69) is 38.8 Å². The third-order valence-electron chi connectivity index (χ3n) is 3.18. The van der Waals surface area contributed by atoms with Gasteiger partial charge in [0.2, 0.25) is 0 Å². The molecule has 0 heterocycles. The monoisotopic (exact) mass is 386 g/mol. The highest BCUT2D eigenvalue weighted by molar-refractivity contribution is 9.09.